The van der Waals surface area contributed by atoms with Gasteiger partial charge >= 0.3 is 0 Å². The van der Waals surface area contributed by atoms with E-state index in [1.165, 1.54) is 0 Å². The highest BCUT2D eigenvalue weighted by Crippen LogP contribution is 2.20. The number of hydrogen-bond acceptors (Lipinski definition) is 5. The molecule has 0 amide bonds. The van der Waals surface area contributed by atoms with Crippen molar-refractivity contribution >= 4 is 44.4 Å². The maximum atomic E-state index is 9.78. The summed E-state index contributed by atoms with van der Waals surface area (Å²) in [6.45, 7) is 0. The van der Waals surface area contributed by atoms with Gasteiger partial charge in [-0.3, -0.25) is 4.18 Å². The van der Waals surface area contributed by atoms with Crippen molar-refractivity contribution in [1.82, 2.24) is 9.97 Å². The van der Waals surface area contributed by atoms with E-state index in [9.17, 15) is 8.42 Å². The minimum absolute atomic E-state index is 0.246. The molecule has 0 radical (unpaired) electrons. The summed E-state index contributed by atoms with van der Waals surface area (Å²) in [6, 6.07) is 7.43. The van der Waals surface area contributed by atoms with Crippen LogP contribution in [0.5, 0.6) is 0 Å². The first-order valence-electron chi connectivity index (χ1n) is 4.67. The molecule has 98 valence electrons. The Hall–Kier alpha value is -0.950. The lowest BCUT2D eigenvalue weighted by molar-refractivity contribution is 0.403. The molecule has 0 spiro atoms. The fraction of sp³-hybridized carbons (Fsp3) is 0.200. The maximum absolute atomic E-state index is 9.78. The molecular weight excluding hydrogens is 299 g/mol. The van der Waals surface area contributed by atoms with Gasteiger partial charge in [-0.05, 0) is 12.1 Å². The quantitative estimate of drug-likeness (QED) is 0.757. The van der Waals surface area contributed by atoms with Gasteiger partial charge in [-0.2, -0.15) is 8.42 Å². The molecule has 0 N–H and O–H groups in total. The summed E-state index contributed by atoms with van der Waals surface area (Å²) < 4.78 is 23.5. The summed E-state index contributed by atoms with van der Waals surface area (Å²) in [7, 11) is -2.04. The summed E-state index contributed by atoms with van der Waals surface area (Å²) in [5.41, 5.74) is 1.51. The van der Waals surface area contributed by atoms with E-state index in [0.29, 0.717) is 0 Å². The van der Waals surface area contributed by atoms with Crippen molar-refractivity contribution in [3.63, 3.8) is 0 Å². The summed E-state index contributed by atoms with van der Waals surface area (Å²) in [5, 5.41) is 0.491. The second kappa shape index (κ2) is 6.29. The SMILES string of the molecule is COS(C)(=O)=O.Clc1nc2ccccc2nc1Cl. The standard InChI is InChI=1S/C8H4Cl2N2.C2H6O3S/c9-7-8(10)12-6-4-2-1-3-5(6)11-7;1-5-6(2,3)4/h1-4H;1-2H3. The van der Waals surface area contributed by atoms with Crippen LogP contribution in [0, 0.1) is 0 Å². The van der Waals surface area contributed by atoms with E-state index < -0.39 is 10.1 Å². The molecule has 0 aliphatic carbocycles. The van der Waals surface area contributed by atoms with E-state index in [-0.39, 0.29) is 10.3 Å². The third-order valence-electron chi connectivity index (χ3n) is 1.79. The number of halogens is 2. The molecule has 0 atom stereocenters. The minimum Gasteiger partial charge on any atom is -0.274 e. The molecule has 0 unspecified atom stereocenters. The molecule has 5 nitrogen and oxygen atoms in total. The van der Waals surface area contributed by atoms with Gasteiger partial charge in [-0.25, -0.2) is 9.97 Å². The van der Waals surface area contributed by atoms with E-state index in [2.05, 4.69) is 14.2 Å². The smallest absolute Gasteiger partial charge is 0.264 e. The molecule has 2 aromatic rings. The van der Waals surface area contributed by atoms with Crippen LogP contribution in [0.1, 0.15) is 0 Å². The van der Waals surface area contributed by atoms with Gasteiger partial charge in [0.1, 0.15) is 0 Å². The number of aromatic nitrogens is 2. The predicted octanol–water partition coefficient (Wildman–Crippen LogP) is 2.53. The molecule has 18 heavy (non-hydrogen) atoms. The van der Waals surface area contributed by atoms with Gasteiger partial charge in [-0.15, -0.1) is 0 Å². The summed E-state index contributed by atoms with van der Waals surface area (Å²) in [4.78, 5) is 8.09. The van der Waals surface area contributed by atoms with E-state index >= 15 is 0 Å². The van der Waals surface area contributed by atoms with E-state index in [1.807, 2.05) is 24.3 Å². The summed E-state index contributed by atoms with van der Waals surface area (Å²) >= 11 is 11.4. The minimum atomic E-state index is -3.16. The Bertz CT molecular complexity index is 606. The topological polar surface area (TPSA) is 69.2 Å². The molecule has 0 aliphatic rings. The van der Waals surface area contributed by atoms with Crippen LogP contribution in [0.15, 0.2) is 24.3 Å². The second-order valence-corrected chi connectivity index (χ2v) is 5.62. The largest absolute Gasteiger partial charge is 0.274 e. The Kier molecular flexibility index (Phi) is 5.28. The zero-order valence-corrected chi connectivity index (χ0v) is 11.9. The van der Waals surface area contributed by atoms with Crippen LogP contribution >= 0.6 is 23.2 Å². The molecule has 8 heteroatoms. The van der Waals surface area contributed by atoms with Crippen molar-refractivity contribution in [2.75, 3.05) is 13.4 Å². The highest BCUT2D eigenvalue weighted by molar-refractivity contribution is 7.85. The van der Waals surface area contributed by atoms with Crippen molar-refractivity contribution in [2.24, 2.45) is 0 Å². The Balaban J connectivity index is 0.000000232. The first kappa shape index (κ1) is 15.1. The second-order valence-electron chi connectivity index (χ2n) is 3.16. The average Bonchev–Trinajstić information content (AvgIpc) is 2.30. The van der Waals surface area contributed by atoms with E-state index in [4.69, 9.17) is 23.2 Å². The van der Waals surface area contributed by atoms with Gasteiger partial charge in [-0.1, -0.05) is 35.3 Å². The van der Waals surface area contributed by atoms with E-state index in [1.54, 1.807) is 0 Å². The van der Waals surface area contributed by atoms with Crippen molar-refractivity contribution in [3.8, 4) is 0 Å². The van der Waals surface area contributed by atoms with Gasteiger partial charge in [0.05, 0.1) is 24.4 Å². The lowest BCUT2D eigenvalue weighted by Gasteiger charge is -1.97. The molecule has 1 aromatic heterocycles. The molecule has 0 aliphatic heterocycles. The number of nitrogens with zero attached hydrogens (tertiary/aromatic N) is 2. The van der Waals surface area contributed by atoms with Crippen molar-refractivity contribution in [2.45, 2.75) is 0 Å². The monoisotopic (exact) mass is 308 g/mol. The first-order chi connectivity index (χ1) is 8.33. The Morgan fingerprint density at radius 3 is 1.67 bits per heavy atom. The highest BCUT2D eigenvalue weighted by Gasteiger charge is 2.02. The zero-order valence-electron chi connectivity index (χ0n) is 9.59. The fourth-order valence-electron chi connectivity index (χ4n) is 0.957. The van der Waals surface area contributed by atoms with Crippen LogP contribution in [-0.4, -0.2) is 31.8 Å². The zero-order chi connectivity index (χ0) is 13.8. The summed E-state index contributed by atoms with van der Waals surface area (Å²) in [5.74, 6) is 0. The van der Waals surface area contributed by atoms with Crippen molar-refractivity contribution < 1.29 is 12.6 Å². The van der Waals surface area contributed by atoms with Crippen LogP contribution in [0.4, 0.5) is 0 Å². The van der Waals surface area contributed by atoms with Gasteiger partial charge in [0.25, 0.3) is 10.1 Å². The Labute approximate surface area is 115 Å². The lowest BCUT2D eigenvalue weighted by atomic mass is 10.3. The maximum Gasteiger partial charge on any atom is 0.264 e. The molecule has 0 saturated heterocycles. The number of benzene rings is 1. The van der Waals surface area contributed by atoms with Crippen LogP contribution < -0.4 is 0 Å². The van der Waals surface area contributed by atoms with Gasteiger partial charge in [0, 0.05) is 0 Å². The van der Waals surface area contributed by atoms with Crippen LogP contribution in [0.25, 0.3) is 11.0 Å². The molecule has 1 aromatic carbocycles. The normalized spacial score (nSPS) is 10.9. The van der Waals surface area contributed by atoms with Crippen LogP contribution in [-0.2, 0) is 14.3 Å². The van der Waals surface area contributed by atoms with E-state index in [0.717, 1.165) is 24.4 Å². The van der Waals surface area contributed by atoms with Crippen LogP contribution in [0.3, 0.4) is 0 Å². The van der Waals surface area contributed by atoms with Gasteiger partial charge in [0.2, 0.25) is 0 Å². The molecule has 0 fully saturated rings. The van der Waals surface area contributed by atoms with Gasteiger partial charge in [0.15, 0.2) is 10.3 Å². The van der Waals surface area contributed by atoms with Crippen LogP contribution in [0.2, 0.25) is 10.3 Å². The first-order valence-corrected chi connectivity index (χ1v) is 7.24. The Morgan fingerprint density at radius 1 is 1.06 bits per heavy atom. The van der Waals surface area contributed by atoms with Crippen molar-refractivity contribution in [3.05, 3.63) is 34.6 Å². The fourth-order valence-corrected chi connectivity index (χ4v) is 1.22. The number of fused-ring (bicyclic) bond motifs is 1. The third kappa shape index (κ3) is 4.73. The van der Waals surface area contributed by atoms with Crippen molar-refractivity contribution in [1.29, 1.82) is 0 Å². The molecular formula is C10H10Cl2N2O3S. The molecule has 1 heterocycles. The summed E-state index contributed by atoms with van der Waals surface area (Å²) in [6.07, 6.45) is 0.993. The highest BCUT2D eigenvalue weighted by atomic mass is 35.5. The van der Waals surface area contributed by atoms with Gasteiger partial charge < -0.3 is 0 Å². The average molecular weight is 309 g/mol. The number of hydrogen-bond donors (Lipinski definition) is 0. The Morgan fingerprint density at radius 2 is 1.39 bits per heavy atom. The number of para-hydroxylation sites is 2. The predicted molar refractivity (Wildman–Crippen MR) is 71.4 cm³/mol. The molecule has 2 rings (SSSR count). The molecule has 0 bridgehead atoms. The lowest BCUT2D eigenvalue weighted by Crippen LogP contribution is -1.95. The molecule has 0 saturated carbocycles. The number of rotatable bonds is 1. The third-order valence-corrected chi connectivity index (χ3v) is 3.02.